The van der Waals surface area contributed by atoms with Gasteiger partial charge in [0.1, 0.15) is 17.5 Å². The first-order chi connectivity index (χ1) is 16.1. The number of amides is 1. The molecule has 7 heteroatoms. The fraction of sp³-hybridized carbons (Fsp3) is 0.231. The maximum Gasteiger partial charge on any atom is 0.227 e. The summed E-state index contributed by atoms with van der Waals surface area (Å²) in [6, 6.07) is 20.2. The zero-order valence-electron chi connectivity index (χ0n) is 18.0. The number of rotatable bonds is 5. The number of hydrogen-bond donors (Lipinski definition) is 1. The van der Waals surface area contributed by atoms with Gasteiger partial charge in [0.15, 0.2) is 0 Å². The monoisotopic (exact) mass is 446 g/mol. The van der Waals surface area contributed by atoms with Crippen molar-refractivity contribution in [2.45, 2.75) is 19.4 Å². The van der Waals surface area contributed by atoms with E-state index >= 15 is 0 Å². The zero-order valence-corrected chi connectivity index (χ0v) is 18.0. The lowest BCUT2D eigenvalue weighted by Gasteiger charge is -2.31. The third kappa shape index (κ3) is 4.64. The molecule has 2 heterocycles. The molecule has 1 fully saturated rings. The maximum atomic E-state index is 13.5. The molecular weight excluding hydrogens is 422 g/mol. The number of likely N-dealkylation sites (tertiary alicyclic amines) is 1. The van der Waals surface area contributed by atoms with Crippen LogP contribution in [0.4, 0.5) is 14.5 Å². The second-order valence-corrected chi connectivity index (χ2v) is 8.38. The second kappa shape index (κ2) is 9.11. The first-order valence-electron chi connectivity index (χ1n) is 11.1. The molecular formula is C26H24F2N4O. The molecule has 5 rings (SSSR count). The number of hydrogen-bond acceptors (Lipinski definition) is 3. The van der Waals surface area contributed by atoms with Crippen molar-refractivity contribution >= 4 is 22.6 Å². The SMILES string of the molecule is O=C(Nc1ccc(F)cc1)C1CCN(Cc2nc3ccccc3n2-c2ccc(F)cc2)CC1. The highest BCUT2D eigenvalue weighted by molar-refractivity contribution is 5.92. The van der Waals surface area contributed by atoms with Crippen LogP contribution in [0, 0.1) is 17.6 Å². The van der Waals surface area contributed by atoms with Gasteiger partial charge >= 0.3 is 0 Å². The Morgan fingerprint density at radius 2 is 1.55 bits per heavy atom. The van der Waals surface area contributed by atoms with Gasteiger partial charge in [-0.15, -0.1) is 0 Å². The molecule has 0 spiro atoms. The Morgan fingerprint density at radius 3 is 2.24 bits per heavy atom. The number of carbonyl (C=O) groups is 1. The Hall–Kier alpha value is -3.58. The van der Waals surface area contributed by atoms with Crippen LogP contribution in [-0.2, 0) is 11.3 Å². The molecule has 0 aliphatic carbocycles. The number of halogens is 2. The lowest BCUT2D eigenvalue weighted by molar-refractivity contribution is -0.121. The van der Waals surface area contributed by atoms with Gasteiger partial charge in [0.25, 0.3) is 0 Å². The Labute approximate surface area is 190 Å². The molecule has 0 atom stereocenters. The minimum absolute atomic E-state index is 0.0280. The summed E-state index contributed by atoms with van der Waals surface area (Å²) in [5.74, 6) is 0.178. The van der Waals surface area contributed by atoms with E-state index in [0.29, 0.717) is 12.2 Å². The van der Waals surface area contributed by atoms with Crippen molar-refractivity contribution in [2.24, 2.45) is 5.92 Å². The molecule has 168 valence electrons. The topological polar surface area (TPSA) is 50.2 Å². The van der Waals surface area contributed by atoms with Gasteiger partial charge in [-0.05, 0) is 86.6 Å². The highest BCUT2D eigenvalue weighted by atomic mass is 19.1. The van der Waals surface area contributed by atoms with E-state index in [9.17, 15) is 13.6 Å². The molecule has 0 saturated carbocycles. The Kier molecular flexibility index (Phi) is 5.88. The first kappa shape index (κ1) is 21.3. The van der Waals surface area contributed by atoms with Gasteiger partial charge in [-0.25, -0.2) is 13.8 Å². The molecule has 4 aromatic rings. The van der Waals surface area contributed by atoms with Crippen LogP contribution in [0.1, 0.15) is 18.7 Å². The molecule has 1 N–H and O–H groups in total. The van der Waals surface area contributed by atoms with Crippen LogP contribution >= 0.6 is 0 Å². The van der Waals surface area contributed by atoms with Gasteiger partial charge in [0.05, 0.1) is 17.6 Å². The molecule has 3 aromatic carbocycles. The summed E-state index contributed by atoms with van der Waals surface area (Å²) in [4.78, 5) is 19.8. The van der Waals surface area contributed by atoms with Gasteiger partial charge < -0.3 is 5.32 Å². The summed E-state index contributed by atoms with van der Waals surface area (Å²) < 4.78 is 28.6. The normalized spacial score (nSPS) is 15.1. The molecule has 1 aromatic heterocycles. The number of aromatic nitrogens is 2. The van der Waals surface area contributed by atoms with E-state index in [-0.39, 0.29) is 23.5 Å². The molecule has 0 bridgehead atoms. The third-order valence-corrected chi connectivity index (χ3v) is 6.15. The highest BCUT2D eigenvalue weighted by Gasteiger charge is 2.26. The minimum Gasteiger partial charge on any atom is -0.326 e. The molecule has 33 heavy (non-hydrogen) atoms. The van der Waals surface area contributed by atoms with E-state index in [4.69, 9.17) is 4.98 Å². The van der Waals surface area contributed by atoms with Crippen LogP contribution in [0.3, 0.4) is 0 Å². The van der Waals surface area contributed by atoms with Crippen LogP contribution in [0.2, 0.25) is 0 Å². The molecule has 5 nitrogen and oxygen atoms in total. The van der Waals surface area contributed by atoms with E-state index in [2.05, 4.69) is 14.8 Å². The van der Waals surface area contributed by atoms with Crippen LogP contribution < -0.4 is 5.32 Å². The number of carbonyl (C=O) groups excluding carboxylic acids is 1. The quantitative estimate of drug-likeness (QED) is 0.461. The number of benzene rings is 3. The van der Waals surface area contributed by atoms with Crippen LogP contribution in [0.5, 0.6) is 0 Å². The number of nitrogens with zero attached hydrogens (tertiary/aromatic N) is 3. The van der Waals surface area contributed by atoms with E-state index in [1.165, 1.54) is 24.3 Å². The molecule has 1 aliphatic heterocycles. The molecule has 1 saturated heterocycles. The molecule has 0 radical (unpaired) electrons. The van der Waals surface area contributed by atoms with Crippen LogP contribution in [0.25, 0.3) is 16.7 Å². The average molecular weight is 447 g/mol. The summed E-state index contributed by atoms with van der Waals surface area (Å²) in [6.45, 7) is 2.18. The number of fused-ring (bicyclic) bond motifs is 1. The number of anilines is 1. The number of para-hydroxylation sites is 2. The summed E-state index contributed by atoms with van der Waals surface area (Å²) in [7, 11) is 0. The van der Waals surface area contributed by atoms with E-state index in [0.717, 1.165) is 48.5 Å². The second-order valence-electron chi connectivity index (χ2n) is 8.38. The maximum absolute atomic E-state index is 13.5. The zero-order chi connectivity index (χ0) is 22.8. The molecule has 1 aliphatic rings. The van der Waals surface area contributed by atoms with Gasteiger partial charge in [0, 0.05) is 17.3 Å². The summed E-state index contributed by atoms with van der Waals surface area (Å²) in [6.07, 6.45) is 1.48. The Bertz CT molecular complexity index is 1260. The molecule has 0 unspecified atom stereocenters. The van der Waals surface area contributed by atoms with Crippen molar-refractivity contribution in [3.05, 3.63) is 90.3 Å². The van der Waals surface area contributed by atoms with Crippen molar-refractivity contribution in [1.82, 2.24) is 14.5 Å². The standard InChI is InChI=1S/C26H24F2N4O/c27-19-5-9-21(10-6-19)29-26(33)18-13-15-31(16-14-18)17-25-30-23-3-1-2-4-24(23)32(25)22-11-7-20(28)8-12-22/h1-12,18H,13-17H2,(H,29,33). The predicted octanol–water partition coefficient (Wildman–Crippen LogP) is 5.15. The Morgan fingerprint density at radius 1 is 0.909 bits per heavy atom. The van der Waals surface area contributed by atoms with Gasteiger partial charge in [0.2, 0.25) is 5.91 Å². The number of imidazole rings is 1. The lowest BCUT2D eigenvalue weighted by atomic mass is 9.96. The van der Waals surface area contributed by atoms with Crippen molar-refractivity contribution < 1.29 is 13.6 Å². The van der Waals surface area contributed by atoms with Gasteiger partial charge in [-0.2, -0.15) is 0 Å². The smallest absolute Gasteiger partial charge is 0.227 e. The third-order valence-electron chi connectivity index (χ3n) is 6.15. The molecule has 1 amide bonds. The lowest BCUT2D eigenvalue weighted by Crippen LogP contribution is -2.38. The van der Waals surface area contributed by atoms with Crippen molar-refractivity contribution in [1.29, 1.82) is 0 Å². The average Bonchev–Trinajstić information content (AvgIpc) is 3.19. The largest absolute Gasteiger partial charge is 0.326 e. The van der Waals surface area contributed by atoms with Crippen LogP contribution in [-0.4, -0.2) is 33.4 Å². The number of piperidine rings is 1. The highest BCUT2D eigenvalue weighted by Crippen LogP contribution is 2.25. The van der Waals surface area contributed by atoms with E-state index in [1.807, 2.05) is 24.3 Å². The minimum atomic E-state index is -0.326. The van der Waals surface area contributed by atoms with Crippen molar-refractivity contribution in [2.75, 3.05) is 18.4 Å². The summed E-state index contributed by atoms with van der Waals surface area (Å²) in [5, 5.41) is 2.89. The first-order valence-corrected chi connectivity index (χ1v) is 11.1. The fourth-order valence-electron chi connectivity index (χ4n) is 4.39. The fourth-order valence-corrected chi connectivity index (χ4v) is 4.39. The summed E-state index contributed by atoms with van der Waals surface area (Å²) >= 11 is 0. The Balaban J connectivity index is 1.28. The van der Waals surface area contributed by atoms with E-state index in [1.54, 1.807) is 24.3 Å². The van der Waals surface area contributed by atoms with Crippen molar-refractivity contribution in [3.63, 3.8) is 0 Å². The van der Waals surface area contributed by atoms with Crippen LogP contribution in [0.15, 0.2) is 72.8 Å². The van der Waals surface area contributed by atoms with Gasteiger partial charge in [-0.1, -0.05) is 12.1 Å². The number of nitrogens with one attached hydrogen (secondary N) is 1. The van der Waals surface area contributed by atoms with Gasteiger partial charge in [-0.3, -0.25) is 14.3 Å². The van der Waals surface area contributed by atoms with Crippen molar-refractivity contribution in [3.8, 4) is 5.69 Å². The predicted molar refractivity (Wildman–Crippen MR) is 124 cm³/mol. The summed E-state index contributed by atoms with van der Waals surface area (Å²) in [5.41, 5.74) is 3.35. The van der Waals surface area contributed by atoms with E-state index < -0.39 is 0 Å².